The van der Waals surface area contributed by atoms with Gasteiger partial charge in [-0.15, -0.1) is 0 Å². The Kier molecular flexibility index (Phi) is 4.34. The summed E-state index contributed by atoms with van der Waals surface area (Å²) in [5, 5.41) is 20.8. The Labute approximate surface area is 111 Å². The molecule has 0 saturated carbocycles. The number of rotatable bonds is 4. The molecule has 1 saturated heterocycles. The topological polar surface area (TPSA) is 81.8 Å². The summed E-state index contributed by atoms with van der Waals surface area (Å²) < 4.78 is 10.3. The lowest BCUT2D eigenvalue weighted by Gasteiger charge is -2.27. The van der Waals surface area contributed by atoms with Gasteiger partial charge in [0.25, 0.3) is 0 Å². The second-order valence-corrected chi connectivity index (χ2v) is 4.66. The fraction of sp³-hybridized carbons (Fsp3) is 0.538. The van der Waals surface area contributed by atoms with Crippen LogP contribution >= 0.6 is 0 Å². The minimum atomic E-state index is -0.462. The first kappa shape index (κ1) is 13.8. The summed E-state index contributed by atoms with van der Waals surface area (Å²) in [5.41, 5.74) is 0.758. The van der Waals surface area contributed by atoms with E-state index in [2.05, 4.69) is 0 Å². The lowest BCUT2D eigenvalue weighted by molar-refractivity contribution is -0.385. The molecule has 2 rings (SSSR count). The van der Waals surface area contributed by atoms with Crippen LogP contribution in [-0.4, -0.2) is 36.5 Å². The van der Waals surface area contributed by atoms with Crippen LogP contribution in [0.5, 0.6) is 5.75 Å². The molecule has 2 unspecified atom stereocenters. The Bertz CT molecular complexity index is 462. The number of nitrogens with zero attached hydrogens (tertiary/aromatic N) is 1. The quantitative estimate of drug-likeness (QED) is 0.661. The number of nitro benzene ring substituents is 1. The third kappa shape index (κ3) is 3.21. The van der Waals surface area contributed by atoms with Crippen LogP contribution in [0.15, 0.2) is 18.2 Å². The molecule has 0 bridgehead atoms. The molecule has 1 aliphatic heterocycles. The summed E-state index contributed by atoms with van der Waals surface area (Å²) in [6.07, 6.45) is 0.768. The van der Waals surface area contributed by atoms with Gasteiger partial charge in [-0.05, 0) is 24.5 Å². The number of aliphatic hydroxyl groups excluding tert-OH is 1. The molecule has 0 aromatic heterocycles. The van der Waals surface area contributed by atoms with Crippen molar-refractivity contribution < 1.29 is 19.5 Å². The number of aliphatic hydroxyl groups is 1. The first-order valence-electron chi connectivity index (χ1n) is 6.19. The van der Waals surface area contributed by atoms with E-state index in [4.69, 9.17) is 9.47 Å². The molecule has 6 nitrogen and oxygen atoms in total. The van der Waals surface area contributed by atoms with Crippen LogP contribution in [0.4, 0.5) is 5.69 Å². The van der Waals surface area contributed by atoms with Gasteiger partial charge in [-0.3, -0.25) is 10.1 Å². The van der Waals surface area contributed by atoms with Crippen molar-refractivity contribution >= 4 is 5.69 Å². The Hall–Kier alpha value is -1.66. The molecule has 2 atom stereocenters. The van der Waals surface area contributed by atoms with Gasteiger partial charge in [0.15, 0.2) is 5.75 Å². The fourth-order valence-corrected chi connectivity index (χ4v) is 2.29. The third-order valence-corrected chi connectivity index (χ3v) is 3.37. The molecular weight excluding hydrogens is 250 g/mol. The highest BCUT2D eigenvalue weighted by Crippen LogP contribution is 2.29. The summed E-state index contributed by atoms with van der Waals surface area (Å²) in [5.74, 6) is 0.232. The monoisotopic (exact) mass is 267 g/mol. The lowest BCUT2D eigenvalue weighted by atomic mass is 9.91. The van der Waals surface area contributed by atoms with Crippen molar-refractivity contribution in [2.75, 3.05) is 20.3 Å². The van der Waals surface area contributed by atoms with Gasteiger partial charge in [-0.1, -0.05) is 6.07 Å². The Morgan fingerprint density at radius 3 is 3.00 bits per heavy atom. The predicted octanol–water partition coefficient (Wildman–Crippen LogP) is 1.54. The van der Waals surface area contributed by atoms with Crippen LogP contribution in [0.2, 0.25) is 0 Å². The number of hydrogen-bond acceptors (Lipinski definition) is 5. The molecule has 1 aliphatic rings. The summed E-state index contributed by atoms with van der Waals surface area (Å²) in [4.78, 5) is 10.5. The largest absolute Gasteiger partial charge is 0.490 e. The standard InChI is InChI=1S/C13H17NO5/c1-18-13-3-2-9(7-11(13)14(16)17)6-10-8-19-5-4-12(10)15/h2-3,7,10,12,15H,4-6,8H2,1H3. The van der Waals surface area contributed by atoms with Gasteiger partial charge in [0.05, 0.1) is 24.7 Å². The average molecular weight is 267 g/mol. The van der Waals surface area contributed by atoms with Crippen LogP contribution in [0.3, 0.4) is 0 Å². The van der Waals surface area contributed by atoms with E-state index in [-0.39, 0.29) is 17.4 Å². The number of ether oxygens (including phenoxy) is 2. The number of methoxy groups -OCH3 is 1. The minimum Gasteiger partial charge on any atom is -0.490 e. The second-order valence-electron chi connectivity index (χ2n) is 4.66. The van der Waals surface area contributed by atoms with Crippen LogP contribution in [-0.2, 0) is 11.2 Å². The van der Waals surface area contributed by atoms with Crippen LogP contribution in [0, 0.1) is 16.0 Å². The molecule has 0 amide bonds. The van der Waals surface area contributed by atoms with Crippen LogP contribution in [0.1, 0.15) is 12.0 Å². The Morgan fingerprint density at radius 2 is 2.37 bits per heavy atom. The van der Waals surface area contributed by atoms with Gasteiger partial charge in [0.1, 0.15) is 0 Å². The summed E-state index contributed by atoms with van der Waals surface area (Å²) in [6.45, 7) is 1.06. The zero-order valence-electron chi connectivity index (χ0n) is 10.7. The Balaban J connectivity index is 2.16. The number of hydrogen-bond donors (Lipinski definition) is 1. The molecule has 19 heavy (non-hydrogen) atoms. The van der Waals surface area contributed by atoms with Crippen molar-refractivity contribution in [1.82, 2.24) is 0 Å². The van der Waals surface area contributed by atoms with Crippen molar-refractivity contribution in [3.8, 4) is 5.75 Å². The number of benzene rings is 1. The molecular formula is C13H17NO5. The van der Waals surface area contributed by atoms with Crippen LogP contribution in [0.25, 0.3) is 0 Å². The molecule has 1 aromatic carbocycles. The van der Waals surface area contributed by atoms with E-state index < -0.39 is 11.0 Å². The number of nitro groups is 1. The fourth-order valence-electron chi connectivity index (χ4n) is 2.29. The van der Waals surface area contributed by atoms with Crippen molar-refractivity contribution in [3.05, 3.63) is 33.9 Å². The summed E-state index contributed by atoms with van der Waals surface area (Å²) in [7, 11) is 1.40. The van der Waals surface area contributed by atoms with Gasteiger partial charge in [0, 0.05) is 18.6 Å². The highest BCUT2D eigenvalue weighted by Gasteiger charge is 2.25. The highest BCUT2D eigenvalue weighted by atomic mass is 16.6. The lowest BCUT2D eigenvalue weighted by Crippen LogP contribution is -2.33. The molecule has 0 aliphatic carbocycles. The third-order valence-electron chi connectivity index (χ3n) is 3.37. The van der Waals surface area contributed by atoms with Crippen molar-refractivity contribution in [2.45, 2.75) is 18.9 Å². The minimum absolute atomic E-state index is 0.0123. The maximum atomic E-state index is 10.9. The van der Waals surface area contributed by atoms with Crippen molar-refractivity contribution in [3.63, 3.8) is 0 Å². The van der Waals surface area contributed by atoms with Gasteiger partial charge in [-0.25, -0.2) is 0 Å². The molecule has 1 fully saturated rings. The average Bonchev–Trinajstić information content (AvgIpc) is 2.41. The normalized spacial score (nSPS) is 23.1. The van der Waals surface area contributed by atoms with Gasteiger partial charge in [0.2, 0.25) is 0 Å². The second kappa shape index (κ2) is 5.99. The summed E-state index contributed by atoms with van der Waals surface area (Å²) >= 11 is 0. The van der Waals surface area contributed by atoms with Crippen molar-refractivity contribution in [1.29, 1.82) is 0 Å². The Morgan fingerprint density at radius 1 is 1.58 bits per heavy atom. The molecule has 0 radical (unpaired) electrons. The van der Waals surface area contributed by atoms with Crippen LogP contribution < -0.4 is 4.74 Å². The van der Waals surface area contributed by atoms with E-state index in [1.54, 1.807) is 12.1 Å². The van der Waals surface area contributed by atoms with E-state index in [0.29, 0.717) is 26.1 Å². The van der Waals surface area contributed by atoms with E-state index in [9.17, 15) is 15.2 Å². The van der Waals surface area contributed by atoms with E-state index >= 15 is 0 Å². The first-order valence-corrected chi connectivity index (χ1v) is 6.19. The molecule has 1 heterocycles. The van der Waals surface area contributed by atoms with Crippen molar-refractivity contribution in [2.24, 2.45) is 5.92 Å². The highest BCUT2D eigenvalue weighted by molar-refractivity contribution is 5.48. The van der Waals surface area contributed by atoms with E-state index in [0.717, 1.165) is 5.56 Å². The zero-order valence-corrected chi connectivity index (χ0v) is 10.7. The zero-order chi connectivity index (χ0) is 13.8. The van der Waals surface area contributed by atoms with E-state index in [1.165, 1.54) is 13.2 Å². The predicted molar refractivity (Wildman–Crippen MR) is 68.3 cm³/mol. The van der Waals surface area contributed by atoms with Gasteiger partial charge < -0.3 is 14.6 Å². The smallest absolute Gasteiger partial charge is 0.311 e. The maximum Gasteiger partial charge on any atom is 0.311 e. The molecule has 1 N–H and O–H groups in total. The van der Waals surface area contributed by atoms with E-state index in [1.807, 2.05) is 0 Å². The maximum absolute atomic E-state index is 10.9. The summed E-state index contributed by atoms with van der Waals surface area (Å²) in [6, 6.07) is 4.87. The molecule has 104 valence electrons. The van der Waals surface area contributed by atoms with Gasteiger partial charge in [-0.2, -0.15) is 0 Å². The first-order chi connectivity index (χ1) is 9.11. The molecule has 0 spiro atoms. The molecule has 6 heteroatoms. The van der Waals surface area contributed by atoms with Gasteiger partial charge >= 0.3 is 5.69 Å². The SMILES string of the molecule is COc1ccc(CC2COCCC2O)cc1[N+](=O)[O-]. The molecule has 1 aromatic rings.